The zero-order valence-corrected chi connectivity index (χ0v) is 9.87. The van der Waals surface area contributed by atoms with Crippen LogP contribution in [0.2, 0.25) is 0 Å². The highest BCUT2D eigenvalue weighted by molar-refractivity contribution is 6.07. The lowest BCUT2D eigenvalue weighted by molar-refractivity contribution is -0.121. The Morgan fingerprint density at radius 1 is 1.44 bits per heavy atom. The Bertz CT molecular complexity index is 440. The van der Waals surface area contributed by atoms with Crippen molar-refractivity contribution in [2.45, 2.75) is 25.9 Å². The van der Waals surface area contributed by atoms with Gasteiger partial charge in [-0.05, 0) is 25.5 Å². The van der Waals surface area contributed by atoms with Crippen molar-refractivity contribution in [2.75, 3.05) is 17.3 Å². The van der Waals surface area contributed by atoms with E-state index in [1.807, 2.05) is 32.0 Å². The van der Waals surface area contributed by atoms with Crippen LogP contribution in [0.4, 0.5) is 11.4 Å². The van der Waals surface area contributed by atoms with Gasteiger partial charge in [-0.15, -0.1) is 0 Å². The third-order valence-corrected chi connectivity index (χ3v) is 2.96. The molecule has 1 aliphatic rings. The summed E-state index contributed by atoms with van der Waals surface area (Å²) in [5.74, 6) is 0.0564. The Balaban J connectivity index is 2.59. The fraction of sp³-hybridized carbons (Fsp3) is 0.417. The Morgan fingerprint density at radius 3 is 2.75 bits per heavy atom. The lowest BCUT2D eigenvalue weighted by atomic mass is 9.97. The van der Waals surface area contributed by atoms with Crippen LogP contribution < -0.4 is 16.0 Å². The SMILES string of the molecule is CN1C(=O)C(C)(C)Nc2cccc(CN)c21. The van der Waals surface area contributed by atoms with Gasteiger partial charge in [-0.2, -0.15) is 0 Å². The Labute approximate surface area is 95.4 Å². The maximum absolute atomic E-state index is 12.1. The molecule has 0 unspecified atom stereocenters. The molecule has 0 spiro atoms. The van der Waals surface area contributed by atoms with E-state index in [4.69, 9.17) is 5.73 Å². The van der Waals surface area contributed by atoms with Gasteiger partial charge in [0.2, 0.25) is 0 Å². The summed E-state index contributed by atoms with van der Waals surface area (Å²) in [5, 5.41) is 3.24. The predicted octanol–water partition coefficient (Wildman–Crippen LogP) is 1.31. The summed E-state index contributed by atoms with van der Waals surface area (Å²) in [6.45, 7) is 4.19. The van der Waals surface area contributed by atoms with E-state index in [1.165, 1.54) is 0 Å². The van der Waals surface area contributed by atoms with Crippen LogP contribution >= 0.6 is 0 Å². The number of fused-ring (bicyclic) bond motifs is 1. The van der Waals surface area contributed by atoms with E-state index in [1.54, 1.807) is 11.9 Å². The fourth-order valence-corrected chi connectivity index (χ4v) is 2.16. The summed E-state index contributed by atoms with van der Waals surface area (Å²) < 4.78 is 0. The highest BCUT2D eigenvalue weighted by Crippen LogP contribution is 2.36. The first-order valence-corrected chi connectivity index (χ1v) is 5.35. The smallest absolute Gasteiger partial charge is 0.251 e. The first-order valence-electron chi connectivity index (χ1n) is 5.35. The molecule has 0 bridgehead atoms. The molecule has 4 heteroatoms. The summed E-state index contributed by atoms with van der Waals surface area (Å²) in [6.07, 6.45) is 0. The van der Waals surface area contributed by atoms with E-state index >= 15 is 0 Å². The molecular weight excluding hydrogens is 202 g/mol. The Kier molecular flexibility index (Phi) is 2.39. The molecule has 1 aliphatic heterocycles. The number of benzene rings is 1. The van der Waals surface area contributed by atoms with Gasteiger partial charge in [0.15, 0.2) is 0 Å². The van der Waals surface area contributed by atoms with Crippen molar-refractivity contribution in [2.24, 2.45) is 5.73 Å². The monoisotopic (exact) mass is 219 g/mol. The second kappa shape index (κ2) is 3.49. The van der Waals surface area contributed by atoms with Crippen molar-refractivity contribution in [1.29, 1.82) is 0 Å². The summed E-state index contributed by atoms with van der Waals surface area (Å²) in [4.78, 5) is 13.8. The second-order valence-electron chi connectivity index (χ2n) is 4.63. The topological polar surface area (TPSA) is 58.4 Å². The average molecular weight is 219 g/mol. The number of nitrogens with one attached hydrogen (secondary N) is 1. The van der Waals surface area contributed by atoms with Gasteiger partial charge in [0, 0.05) is 13.6 Å². The van der Waals surface area contributed by atoms with E-state index in [0.717, 1.165) is 16.9 Å². The zero-order chi connectivity index (χ0) is 11.9. The molecule has 0 radical (unpaired) electrons. The molecule has 0 aromatic heterocycles. The van der Waals surface area contributed by atoms with Crippen LogP contribution in [-0.4, -0.2) is 18.5 Å². The molecule has 0 fully saturated rings. The van der Waals surface area contributed by atoms with Crippen molar-refractivity contribution < 1.29 is 4.79 Å². The van der Waals surface area contributed by atoms with Crippen LogP contribution in [0.5, 0.6) is 0 Å². The number of rotatable bonds is 1. The molecule has 16 heavy (non-hydrogen) atoms. The first kappa shape index (κ1) is 11.0. The number of amides is 1. The zero-order valence-electron chi connectivity index (χ0n) is 9.87. The van der Waals surface area contributed by atoms with Crippen LogP contribution in [0.1, 0.15) is 19.4 Å². The van der Waals surface area contributed by atoms with E-state index in [9.17, 15) is 4.79 Å². The molecule has 0 saturated heterocycles. The van der Waals surface area contributed by atoms with Crippen molar-refractivity contribution >= 4 is 17.3 Å². The molecule has 1 aromatic rings. The molecular formula is C12H17N3O. The summed E-state index contributed by atoms with van der Waals surface area (Å²) in [6, 6.07) is 5.87. The van der Waals surface area contributed by atoms with Gasteiger partial charge in [0.25, 0.3) is 5.91 Å². The number of nitrogens with zero attached hydrogens (tertiary/aromatic N) is 1. The molecule has 0 saturated carbocycles. The van der Waals surface area contributed by atoms with Gasteiger partial charge in [-0.25, -0.2) is 0 Å². The van der Waals surface area contributed by atoms with Crippen LogP contribution in [0.15, 0.2) is 18.2 Å². The summed E-state index contributed by atoms with van der Waals surface area (Å²) in [5.41, 5.74) is 7.97. The standard InChI is InChI=1S/C12H17N3O/c1-12(2)11(16)15(3)10-8(7-13)5-4-6-9(10)14-12/h4-6,14H,7,13H2,1-3H3. The van der Waals surface area contributed by atoms with Gasteiger partial charge in [0.05, 0.1) is 11.4 Å². The van der Waals surface area contributed by atoms with Crippen molar-refractivity contribution in [3.05, 3.63) is 23.8 Å². The lowest BCUT2D eigenvalue weighted by Crippen LogP contribution is -2.52. The summed E-state index contributed by atoms with van der Waals surface area (Å²) >= 11 is 0. The van der Waals surface area contributed by atoms with E-state index < -0.39 is 5.54 Å². The van der Waals surface area contributed by atoms with E-state index in [-0.39, 0.29) is 5.91 Å². The van der Waals surface area contributed by atoms with Gasteiger partial charge in [-0.1, -0.05) is 12.1 Å². The molecule has 2 rings (SSSR count). The number of para-hydroxylation sites is 1. The first-order chi connectivity index (χ1) is 7.47. The minimum Gasteiger partial charge on any atom is -0.370 e. The normalized spacial score (nSPS) is 18.0. The van der Waals surface area contributed by atoms with E-state index in [2.05, 4.69) is 5.32 Å². The number of carbonyl (C=O) groups excluding carboxylic acids is 1. The van der Waals surface area contributed by atoms with Crippen molar-refractivity contribution in [3.8, 4) is 0 Å². The average Bonchev–Trinajstić information content (AvgIpc) is 2.24. The minimum absolute atomic E-state index is 0.0564. The molecule has 0 aliphatic carbocycles. The molecule has 1 heterocycles. The Morgan fingerprint density at radius 2 is 2.12 bits per heavy atom. The number of likely N-dealkylation sites (N-methyl/N-ethyl adjacent to an activating group) is 1. The van der Waals surface area contributed by atoms with Crippen LogP contribution in [0, 0.1) is 0 Å². The highest BCUT2D eigenvalue weighted by atomic mass is 16.2. The number of nitrogens with two attached hydrogens (primary N) is 1. The lowest BCUT2D eigenvalue weighted by Gasteiger charge is -2.39. The van der Waals surface area contributed by atoms with Crippen molar-refractivity contribution in [1.82, 2.24) is 0 Å². The van der Waals surface area contributed by atoms with Crippen LogP contribution in [0.3, 0.4) is 0 Å². The van der Waals surface area contributed by atoms with Gasteiger partial charge < -0.3 is 16.0 Å². The largest absolute Gasteiger partial charge is 0.370 e. The fourth-order valence-electron chi connectivity index (χ4n) is 2.16. The number of hydrogen-bond acceptors (Lipinski definition) is 3. The number of anilines is 2. The van der Waals surface area contributed by atoms with Gasteiger partial charge >= 0.3 is 0 Å². The van der Waals surface area contributed by atoms with Crippen molar-refractivity contribution in [3.63, 3.8) is 0 Å². The van der Waals surface area contributed by atoms with Gasteiger partial charge in [-0.3, -0.25) is 4.79 Å². The third kappa shape index (κ3) is 1.46. The van der Waals surface area contributed by atoms with Crippen LogP contribution in [-0.2, 0) is 11.3 Å². The molecule has 1 aromatic carbocycles. The van der Waals surface area contributed by atoms with Crippen LogP contribution in [0.25, 0.3) is 0 Å². The molecule has 0 atom stereocenters. The quantitative estimate of drug-likeness (QED) is 0.748. The molecule has 3 N–H and O–H groups in total. The van der Waals surface area contributed by atoms with Gasteiger partial charge in [0.1, 0.15) is 5.54 Å². The second-order valence-corrected chi connectivity index (χ2v) is 4.63. The predicted molar refractivity (Wildman–Crippen MR) is 65.4 cm³/mol. The molecule has 1 amide bonds. The highest BCUT2D eigenvalue weighted by Gasteiger charge is 2.37. The minimum atomic E-state index is -0.561. The molecule has 86 valence electrons. The third-order valence-electron chi connectivity index (χ3n) is 2.96. The number of carbonyl (C=O) groups is 1. The maximum Gasteiger partial charge on any atom is 0.251 e. The summed E-state index contributed by atoms with van der Waals surface area (Å²) in [7, 11) is 1.79. The molecule has 4 nitrogen and oxygen atoms in total. The van der Waals surface area contributed by atoms with E-state index in [0.29, 0.717) is 6.54 Å². The maximum atomic E-state index is 12.1. The Hall–Kier alpha value is -1.55. The number of hydrogen-bond donors (Lipinski definition) is 2.